The number of thiol groups is 1. The van der Waals surface area contributed by atoms with Gasteiger partial charge in [0, 0.05) is 0 Å². The number of hydrogen-bond donors (Lipinski definition) is 1. The highest BCUT2D eigenvalue weighted by Crippen LogP contribution is 2.39. The lowest BCUT2D eigenvalue weighted by atomic mass is 9.91. The average Bonchev–Trinajstić information content (AvgIpc) is 2.25. The van der Waals surface area contributed by atoms with Crippen molar-refractivity contribution in [2.75, 3.05) is 13.2 Å². The average molecular weight is 216 g/mol. The number of fused-ring (bicyclic) bond motifs is 1. The van der Waals surface area contributed by atoms with Crippen molar-refractivity contribution in [1.29, 1.82) is 0 Å². The molecule has 0 aromatic heterocycles. The molecule has 0 aliphatic carbocycles. The van der Waals surface area contributed by atoms with Crippen molar-refractivity contribution >= 4 is 23.4 Å². The van der Waals surface area contributed by atoms with Gasteiger partial charge in [-0.15, -0.1) is 0 Å². The Hall–Kier alpha value is -0.990. The first-order chi connectivity index (χ1) is 7.30. The summed E-state index contributed by atoms with van der Waals surface area (Å²) in [4.78, 5) is 0. The van der Waals surface area contributed by atoms with Crippen LogP contribution >= 0.6 is 12.6 Å². The minimum absolute atomic E-state index is 0.0825. The van der Waals surface area contributed by atoms with Gasteiger partial charge in [0.2, 0.25) is 0 Å². The van der Waals surface area contributed by atoms with E-state index in [2.05, 4.69) is 42.5 Å². The molecular weight excluding hydrogens is 204 g/mol. The van der Waals surface area contributed by atoms with Crippen LogP contribution in [-0.4, -0.2) is 13.2 Å². The van der Waals surface area contributed by atoms with E-state index in [-0.39, 0.29) is 4.75 Å². The van der Waals surface area contributed by atoms with Crippen molar-refractivity contribution in [3.8, 4) is 0 Å². The van der Waals surface area contributed by atoms with E-state index in [1.54, 1.807) is 0 Å². The van der Waals surface area contributed by atoms with Gasteiger partial charge in [-0.05, 0) is 16.3 Å². The molecule has 2 aromatic rings. The summed E-state index contributed by atoms with van der Waals surface area (Å²) in [5.41, 5.74) is 1.29. The predicted octanol–water partition coefficient (Wildman–Crippen LogP) is 3.00. The molecule has 3 rings (SSSR count). The second kappa shape index (κ2) is 3.26. The van der Waals surface area contributed by atoms with Crippen LogP contribution in [0.3, 0.4) is 0 Å². The Kier molecular flexibility index (Phi) is 2.01. The molecule has 15 heavy (non-hydrogen) atoms. The van der Waals surface area contributed by atoms with E-state index < -0.39 is 0 Å². The monoisotopic (exact) mass is 216 g/mol. The highest BCUT2D eigenvalue weighted by Gasteiger charge is 2.37. The van der Waals surface area contributed by atoms with Crippen LogP contribution in [0.25, 0.3) is 10.8 Å². The lowest BCUT2D eigenvalue weighted by Crippen LogP contribution is -2.41. The van der Waals surface area contributed by atoms with Gasteiger partial charge in [-0.3, -0.25) is 0 Å². The molecule has 1 aliphatic rings. The second-order valence-electron chi connectivity index (χ2n) is 4.05. The van der Waals surface area contributed by atoms with Crippen molar-refractivity contribution in [2.24, 2.45) is 0 Å². The van der Waals surface area contributed by atoms with Crippen LogP contribution in [0.4, 0.5) is 0 Å². The van der Waals surface area contributed by atoms with Crippen LogP contribution in [-0.2, 0) is 9.48 Å². The summed E-state index contributed by atoms with van der Waals surface area (Å²) in [6.07, 6.45) is 0. The van der Waals surface area contributed by atoms with Crippen LogP contribution < -0.4 is 0 Å². The van der Waals surface area contributed by atoms with E-state index in [9.17, 15) is 0 Å². The third-order valence-electron chi connectivity index (χ3n) is 2.97. The second-order valence-corrected chi connectivity index (χ2v) is 4.91. The van der Waals surface area contributed by atoms with Crippen LogP contribution in [0, 0.1) is 0 Å². The Morgan fingerprint density at radius 2 is 1.73 bits per heavy atom. The van der Waals surface area contributed by atoms with Crippen LogP contribution in [0.2, 0.25) is 0 Å². The molecule has 0 spiro atoms. The Morgan fingerprint density at radius 1 is 1.00 bits per heavy atom. The zero-order chi connectivity index (χ0) is 10.3. The zero-order valence-electron chi connectivity index (χ0n) is 8.31. The number of benzene rings is 2. The van der Waals surface area contributed by atoms with Crippen molar-refractivity contribution in [3.05, 3.63) is 48.0 Å². The molecule has 1 fully saturated rings. The molecule has 1 heterocycles. The first-order valence-corrected chi connectivity index (χ1v) is 5.53. The van der Waals surface area contributed by atoms with E-state index in [1.165, 1.54) is 16.3 Å². The molecule has 0 unspecified atom stereocenters. The maximum absolute atomic E-state index is 5.26. The fourth-order valence-electron chi connectivity index (χ4n) is 2.08. The summed E-state index contributed by atoms with van der Waals surface area (Å²) in [5, 5.41) is 2.56. The topological polar surface area (TPSA) is 9.23 Å². The summed E-state index contributed by atoms with van der Waals surface area (Å²) >= 11 is 4.71. The molecule has 0 radical (unpaired) electrons. The van der Waals surface area contributed by atoms with Gasteiger partial charge in [-0.25, -0.2) is 0 Å². The molecule has 0 saturated carbocycles. The Labute approximate surface area is 94.5 Å². The minimum Gasteiger partial charge on any atom is -0.378 e. The Morgan fingerprint density at radius 3 is 2.47 bits per heavy atom. The molecular formula is C13H12OS. The van der Waals surface area contributed by atoms with Gasteiger partial charge in [-0.1, -0.05) is 42.5 Å². The Balaban J connectivity index is 2.26. The maximum Gasteiger partial charge on any atom is 0.0850 e. The third kappa shape index (κ3) is 1.36. The van der Waals surface area contributed by atoms with Gasteiger partial charge in [0.15, 0.2) is 0 Å². The molecule has 2 heteroatoms. The van der Waals surface area contributed by atoms with Crippen LogP contribution in [0.1, 0.15) is 5.56 Å². The highest BCUT2D eigenvalue weighted by molar-refractivity contribution is 7.81. The van der Waals surface area contributed by atoms with E-state index in [0.29, 0.717) is 13.2 Å². The molecule has 0 amide bonds. The molecule has 1 saturated heterocycles. The van der Waals surface area contributed by atoms with E-state index >= 15 is 0 Å². The van der Waals surface area contributed by atoms with Crippen molar-refractivity contribution in [1.82, 2.24) is 0 Å². The fraction of sp³-hybridized carbons (Fsp3) is 0.231. The smallest absolute Gasteiger partial charge is 0.0850 e. The third-order valence-corrected chi connectivity index (χ3v) is 3.47. The SMILES string of the molecule is SC1(c2cccc3ccccc23)COC1. The van der Waals surface area contributed by atoms with E-state index in [4.69, 9.17) is 17.4 Å². The summed E-state index contributed by atoms with van der Waals surface area (Å²) in [7, 11) is 0. The van der Waals surface area contributed by atoms with Gasteiger partial charge < -0.3 is 4.74 Å². The van der Waals surface area contributed by atoms with Gasteiger partial charge in [-0.2, -0.15) is 12.6 Å². The van der Waals surface area contributed by atoms with Crippen molar-refractivity contribution in [2.45, 2.75) is 4.75 Å². The first kappa shape index (κ1) is 9.25. The molecule has 76 valence electrons. The summed E-state index contributed by atoms with van der Waals surface area (Å²) in [6.45, 7) is 1.42. The van der Waals surface area contributed by atoms with Crippen molar-refractivity contribution in [3.63, 3.8) is 0 Å². The van der Waals surface area contributed by atoms with Crippen LogP contribution in [0.5, 0.6) is 0 Å². The van der Waals surface area contributed by atoms with Gasteiger partial charge >= 0.3 is 0 Å². The number of ether oxygens (including phenoxy) is 1. The Bertz CT molecular complexity index is 497. The standard InChI is InChI=1S/C13H12OS/c15-13(8-14-9-13)12-7-3-5-10-4-1-2-6-11(10)12/h1-7,15H,8-9H2. The van der Waals surface area contributed by atoms with Gasteiger partial charge in [0.25, 0.3) is 0 Å². The molecule has 0 atom stereocenters. The van der Waals surface area contributed by atoms with Crippen molar-refractivity contribution < 1.29 is 4.74 Å². The number of rotatable bonds is 1. The molecule has 1 aliphatic heterocycles. The zero-order valence-corrected chi connectivity index (χ0v) is 9.21. The summed E-state index contributed by atoms with van der Waals surface area (Å²) < 4.78 is 5.18. The molecule has 0 bridgehead atoms. The number of hydrogen-bond acceptors (Lipinski definition) is 2. The van der Waals surface area contributed by atoms with Crippen LogP contribution in [0.15, 0.2) is 42.5 Å². The maximum atomic E-state index is 5.26. The molecule has 1 nitrogen and oxygen atoms in total. The highest BCUT2D eigenvalue weighted by atomic mass is 32.1. The molecule has 0 N–H and O–H groups in total. The van der Waals surface area contributed by atoms with Gasteiger partial charge in [0.1, 0.15) is 0 Å². The first-order valence-electron chi connectivity index (χ1n) is 5.08. The lowest BCUT2D eigenvalue weighted by Gasteiger charge is -2.38. The quantitative estimate of drug-likeness (QED) is 0.721. The fourth-order valence-corrected chi connectivity index (χ4v) is 2.46. The minimum atomic E-state index is -0.0825. The summed E-state index contributed by atoms with van der Waals surface area (Å²) in [6, 6.07) is 14.8. The van der Waals surface area contributed by atoms with E-state index in [1.807, 2.05) is 0 Å². The van der Waals surface area contributed by atoms with Gasteiger partial charge in [0.05, 0.1) is 18.0 Å². The lowest BCUT2D eigenvalue weighted by molar-refractivity contribution is -0.00905. The van der Waals surface area contributed by atoms with E-state index in [0.717, 1.165) is 0 Å². The normalized spacial score (nSPS) is 18.7. The molecule has 2 aromatic carbocycles. The predicted molar refractivity (Wildman–Crippen MR) is 65.4 cm³/mol. The summed E-state index contributed by atoms with van der Waals surface area (Å²) in [5.74, 6) is 0. The largest absolute Gasteiger partial charge is 0.378 e.